The first-order chi connectivity index (χ1) is 10.1. The molecule has 0 spiro atoms. The lowest BCUT2D eigenvalue weighted by Gasteiger charge is -2.32. The molecule has 6 nitrogen and oxygen atoms in total. The summed E-state index contributed by atoms with van der Waals surface area (Å²) in [6.07, 6.45) is 1.73. The molecule has 21 heavy (non-hydrogen) atoms. The van der Waals surface area contributed by atoms with Crippen LogP contribution in [-0.2, 0) is 4.79 Å². The number of fused-ring (bicyclic) bond motifs is 1. The highest BCUT2D eigenvalue weighted by Crippen LogP contribution is 2.26. The number of carbonyl (C=O) groups is 3. The van der Waals surface area contributed by atoms with Crippen molar-refractivity contribution < 1.29 is 14.4 Å². The third-order valence-electron chi connectivity index (χ3n) is 3.92. The Labute approximate surface area is 122 Å². The molecular formula is C15H17N3O3. The van der Waals surface area contributed by atoms with Crippen LogP contribution < -0.4 is 15.5 Å². The molecule has 2 aliphatic heterocycles. The standard InChI is InChI=1S/C15H17N3O3/c1-2-16-12-4-3-7-18(15(12)21)9-5-6-10-11(8-9)14(20)17-13(10)19/h5-6,8,12,16H,2-4,7H2,1H3,(H,17,19,20). The topological polar surface area (TPSA) is 78.5 Å². The van der Waals surface area contributed by atoms with Gasteiger partial charge in [0.1, 0.15) is 0 Å². The number of nitrogens with one attached hydrogen (secondary N) is 2. The smallest absolute Gasteiger partial charge is 0.259 e. The number of piperidine rings is 1. The molecule has 1 aromatic carbocycles. The van der Waals surface area contributed by atoms with Gasteiger partial charge in [0.05, 0.1) is 17.2 Å². The Hall–Kier alpha value is -2.21. The van der Waals surface area contributed by atoms with Crippen molar-refractivity contribution in [1.82, 2.24) is 10.6 Å². The Balaban J connectivity index is 1.90. The zero-order valence-corrected chi connectivity index (χ0v) is 11.8. The summed E-state index contributed by atoms with van der Waals surface area (Å²) in [5.41, 5.74) is 1.39. The number of amides is 3. The molecule has 1 unspecified atom stereocenters. The highest BCUT2D eigenvalue weighted by Gasteiger charge is 2.31. The third kappa shape index (κ3) is 2.31. The van der Waals surface area contributed by atoms with Gasteiger partial charge < -0.3 is 10.2 Å². The van der Waals surface area contributed by atoms with Crippen molar-refractivity contribution in [3.8, 4) is 0 Å². The maximum Gasteiger partial charge on any atom is 0.259 e. The Kier molecular flexibility index (Phi) is 3.47. The number of imide groups is 1. The number of hydrogen-bond acceptors (Lipinski definition) is 4. The minimum Gasteiger partial charge on any atom is -0.311 e. The zero-order valence-electron chi connectivity index (χ0n) is 11.8. The van der Waals surface area contributed by atoms with E-state index in [1.807, 2.05) is 6.92 Å². The van der Waals surface area contributed by atoms with E-state index >= 15 is 0 Å². The molecule has 1 aromatic rings. The van der Waals surface area contributed by atoms with Crippen LogP contribution in [-0.4, -0.2) is 36.9 Å². The third-order valence-corrected chi connectivity index (χ3v) is 3.92. The van der Waals surface area contributed by atoms with E-state index in [4.69, 9.17) is 0 Å². The summed E-state index contributed by atoms with van der Waals surface area (Å²) in [6.45, 7) is 3.35. The molecule has 0 aliphatic carbocycles. The lowest BCUT2D eigenvalue weighted by Crippen LogP contribution is -2.50. The minimum absolute atomic E-state index is 0.0211. The zero-order chi connectivity index (χ0) is 15.0. The molecular weight excluding hydrogens is 270 g/mol. The number of rotatable bonds is 3. The number of likely N-dealkylation sites (N-methyl/N-ethyl adjacent to an activating group) is 1. The lowest BCUT2D eigenvalue weighted by atomic mass is 10.0. The molecule has 3 rings (SSSR count). The van der Waals surface area contributed by atoms with Crippen molar-refractivity contribution in [2.24, 2.45) is 0 Å². The molecule has 0 radical (unpaired) electrons. The molecule has 3 amide bonds. The molecule has 1 atom stereocenters. The van der Waals surface area contributed by atoms with Gasteiger partial charge >= 0.3 is 0 Å². The molecule has 1 saturated heterocycles. The first kappa shape index (κ1) is 13.8. The monoisotopic (exact) mass is 287 g/mol. The van der Waals surface area contributed by atoms with Crippen molar-refractivity contribution in [3.05, 3.63) is 29.3 Å². The van der Waals surface area contributed by atoms with Crippen molar-refractivity contribution >= 4 is 23.4 Å². The van der Waals surface area contributed by atoms with Crippen LogP contribution in [0, 0.1) is 0 Å². The first-order valence-corrected chi connectivity index (χ1v) is 7.16. The molecule has 0 aromatic heterocycles. The van der Waals surface area contributed by atoms with E-state index in [1.165, 1.54) is 0 Å². The van der Waals surface area contributed by atoms with Gasteiger partial charge in [-0.05, 0) is 37.6 Å². The SMILES string of the molecule is CCNC1CCCN(c2ccc3c(c2)C(=O)NC3=O)C1=O. The van der Waals surface area contributed by atoms with Gasteiger partial charge in [-0.2, -0.15) is 0 Å². The first-order valence-electron chi connectivity index (χ1n) is 7.16. The van der Waals surface area contributed by atoms with Crippen molar-refractivity contribution in [2.75, 3.05) is 18.0 Å². The summed E-state index contributed by atoms with van der Waals surface area (Å²) in [5.74, 6) is -0.755. The fourth-order valence-electron chi connectivity index (χ4n) is 2.89. The van der Waals surface area contributed by atoms with Crippen LogP contribution in [0.2, 0.25) is 0 Å². The van der Waals surface area contributed by atoms with Crippen molar-refractivity contribution in [3.63, 3.8) is 0 Å². The van der Waals surface area contributed by atoms with E-state index in [0.717, 1.165) is 19.4 Å². The summed E-state index contributed by atoms with van der Waals surface area (Å²) in [4.78, 5) is 37.4. The average molecular weight is 287 g/mol. The van der Waals surface area contributed by atoms with Crippen LogP contribution in [0.3, 0.4) is 0 Å². The lowest BCUT2D eigenvalue weighted by molar-refractivity contribution is -0.121. The number of carbonyl (C=O) groups excluding carboxylic acids is 3. The van der Waals surface area contributed by atoms with E-state index in [1.54, 1.807) is 23.1 Å². The number of nitrogens with zero attached hydrogens (tertiary/aromatic N) is 1. The molecule has 0 bridgehead atoms. The molecule has 0 saturated carbocycles. The number of benzene rings is 1. The molecule has 110 valence electrons. The van der Waals surface area contributed by atoms with Gasteiger partial charge in [-0.15, -0.1) is 0 Å². The summed E-state index contributed by atoms with van der Waals surface area (Å²) < 4.78 is 0. The maximum absolute atomic E-state index is 12.5. The minimum atomic E-state index is -0.399. The van der Waals surface area contributed by atoms with Crippen LogP contribution in [0.15, 0.2) is 18.2 Å². The summed E-state index contributed by atoms with van der Waals surface area (Å²) in [6, 6.07) is 4.78. The van der Waals surface area contributed by atoms with Crippen LogP contribution in [0.4, 0.5) is 5.69 Å². The predicted octanol–water partition coefficient (Wildman–Crippen LogP) is 0.675. The Morgan fingerprint density at radius 3 is 2.76 bits per heavy atom. The summed E-state index contributed by atoms with van der Waals surface area (Å²) >= 11 is 0. The van der Waals surface area contributed by atoms with Gasteiger partial charge in [-0.25, -0.2) is 0 Å². The molecule has 2 aliphatic rings. The fourth-order valence-corrected chi connectivity index (χ4v) is 2.89. The van der Waals surface area contributed by atoms with Gasteiger partial charge in [0, 0.05) is 12.2 Å². The maximum atomic E-state index is 12.5. The van der Waals surface area contributed by atoms with Gasteiger partial charge in [0.2, 0.25) is 5.91 Å². The predicted molar refractivity (Wildman–Crippen MR) is 77.3 cm³/mol. The van der Waals surface area contributed by atoms with Gasteiger partial charge in [0.25, 0.3) is 11.8 Å². The van der Waals surface area contributed by atoms with Crippen LogP contribution >= 0.6 is 0 Å². The van der Waals surface area contributed by atoms with Crippen molar-refractivity contribution in [2.45, 2.75) is 25.8 Å². The second-order valence-corrected chi connectivity index (χ2v) is 5.26. The largest absolute Gasteiger partial charge is 0.311 e. The fraction of sp³-hybridized carbons (Fsp3) is 0.400. The highest BCUT2D eigenvalue weighted by molar-refractivity contribution is 6.22. The van der Waals surface area contributed by atoms with Crippen molar-refractivity contribution in [1.29, 1.82) is 0 Å². The van der Waals surface area contributed by atoms with Crippen LogP contribution in [0.5, 0.6) is 0 Å². The van der Waals surface area contributed by atoms with Crippen LogP contribution in [0.25, 0.3) is 0 Å². The van der Waals surface area contributed by atoms with Crippen LogP contribution in [0.1, 0.15) is 40.5 Å². The second kappa shape index (κ2) is 5.29. The highest BCUT2D eigenvalue weighted by atomic mass is 16.2. The Morgan fingerprint density at radius 2 is 2.00 bits per heavy atom. The average Bonchev–Trinajstić information content (AvgIpc) is 2.76. The quantitative estimate of drug-likeness (QED) is 0.801. The van der Waals surface area contributed by atoms with E-state index < -0.39 is 5.91 Å². The van der Waals surface area contributed by atoms with E-state index in [9.17, 15) is 14.4 Å². The second-order valence-electron chi connectivity index (χ2n) is 5.26. The molecule has 1 fully saturated rings. The Bertz CT molecular complexity index is 625. The summed E-state index contributed by atoms with van der Waals surface area (Å²) in [5, 5.41) is 5.44. The van der Waals surface area contributed by atoms with E-state index in [-0.39, 0.29) is 17.9 Å². The summed E-state index contributed by atoms with van der Waals surface area (Å²) in [7, 11) is 0. The van der Waals surface area contributed by atoms with Gasteiger partial charge in [0.15, 0.2) is 0 Å². The van der Waals surface area contributed by atoms with Gasteiger partial charge in [-0.1, -0.05) is 6.92 Å². The molecule has 2 N–H and O–H groups in total. The van der Waals surface area contributed by atoms with E-state index in [2.05, 4.69) is 10.6 Å². The van der Waals surface area contributed by atoms with E-state index in [0.29, 0.717) is 23.4 Å². The molecule has 6 heteroatoms. The normalized spacial score (nSPS) is 21.5. The Morgan fingerprint density at radius 1 is 1.24 bits per heavy atom. The molecule has 2 heterocycles. The van der Waals surface area contributed by atoms with Gasteiger partial charge in [-0.3, -0.25) is 19.7 Å². The number of hydrogen-bond donors (Lipinski definition) is 2. The number of anilines is 1.